The van der Waals surface area contributed by atoms with Gasteiger partial charge < -0.3 is 10.3 Å². The van der Waals surface area contributed by atoms with Crippen LogP contribution in [0.5, 0.6) is 0 Å². The van der Waals surface area contributed by atoms with Gasteiger partial charge in [0.25, 0.3) is 5.91 Å². The van der Waals surface area contributed by atoms with E-state index in [-0.39, 0.29) is 17.5 Å². The number of carbonyl (C=O) groups is 1. The van der Waals surface area contributed by atoms with Crippen molar-refractivity contribution in [2.75, 3.05) is 0 Å². The van der Waals surface area contributed by atoms with Gasteiger partial charge in [0, 0.05) is 29.5 Å². The molecule has 2 rings (SSSR count). The van der Waals surface area contributed by atoms with E-state index in [9.17, 15) is 9.59 Å². The zero-order valence-electron chi connectivity index (χ0n) is 10.4. The zero-order chi connectivity index (χ0) is 13.8. The number of rotatable bonds is 3. The van der Waals surface area contributed by atoms with Crippen molar-refractivity contribution < 1.29 is 4.79 Å². The third-order valence-corrected chi connectivity index (χ3v) is 3.07. The van der Waals surface area contributed by atoms with Crippen molar-refractivity contribution in [3.05, 3.63) is 68.6 Å². The molecule has 1 aromatic heterocycles. The third-order valence-electron chi connectivity index (χ3n) is 2.70. The molecule has 2 N–H and O–H groups in total. The molecule has 1 amide bonds. The monoisotopic (exact) mass is 276 g/mol. The molecule has 19 heavy (non-hydrogen) atoms. The quantitative estimate of drug-likeness (QED) is 0.903. The summed E-state index contributed by atoms with van der Waals surface area (Å²) in [5.74, 6) is -0.416. The van der Waals surface area contributed by atoms with Crippen LogP contribution in [0.15, 0.2) is 41.3 Å². The number of pyridine rings is 1. The maximum Gasteiger partial charge on any atom is 0.257 e. The summed E-state index contributed by atoms with van der Waals surface area (Å²) in [6.45, 7) is 2.04. The van der Waals surface area contributed by atoms with Crippen LogP contribution in [0, 0.1) is 6.92 Å². The number of nitrogens with one attached hydrogen (secondary N) is 2. The first-order valence-corrected chi connectivity index (χ1v) is 6.16. The molecule has 0 unspecified atom stereocenters. The Morgan fingerprint density at radius 1 is 1.37 bits per heavy atom. The summed E-state index contributed by atoms with van der Waals surface area (Å²) in [5.41, 5.74) is 1.32. The third kappa shape index (κ3) is 3.23. The van der Waals surface area contributed by atoms with Gasteiger partial charge in [0.15, 0.2) is 5.43 Å². The van der Waals surface area contributed by atoms with E-state index in [4.69, 9.17) is 11.6 Å². The number of H-pyrrole nitrogens is 1. The van der Waals surface area contributed by atoms with Gasteiger partial charge in [0.2, 0.25) is 0 Å². The molecule has 1 aromatic carbocycles. The lowest BCUT2D eigenvalue weighted by molar-refractivity contribution is 0.0949. The van der Waals surface area contributed by atoms with Gasteiger partial charge in [-0.05, 0) is 18.6 Å². The second-order valence-corrected chi connectivity index (χ2v) is 4.58. The molecule has 0 aliphatic carbocycles. The van der Waals surface area contributed by atoms with Gasteiger partial charge in [-0.15, -0.1) is 0 Å². The van der Waals surface area contributed by atoms with E-state index >= 15 is 0 Å². The van der Waals surface area contributed by atoms with E-state index in [1.54, 1.807) is 13.0 Å². The van der Waals surface area contributed by atoms with Crippen molar-refractivity contribution in [1.82, 2.24) is 10.3 Å². The second kappa shape index (κ2) is 5.71. The van der Waals surface area contributed by atoms with Crippen LogP contribution in [0.1, 0.15) is 21.6 Å². The highest BCUT2D eigenvalue weighted by Crippen LogP contribution is 2.14. The number of benzene rings is 1. The summed E-state index contributed by atoms with van der Waals surface area (Å²) in [4.78, 5) is 26.4. The molecule has 98 valence electrons. The smallest absolute Gasteiger partial charge is 0.257 e. The number of aromatic amines is 1. The van der Waals surface area contributed by atoms with Gasteiger partial charge in [-0.1, -0.05) is 29.8 Å². The minimum Gasteiger partial charge on any atom is -0.364 e. The van der Waals surface area contributed by atoms with Crippen molar-refractivity contribution in [3.63, 3.8) is 0 Å². The van der Waals surface area contributed by atoms with E-state index in [1.807, 2.05) is 18.2 Å². The number of aryl methyl sites for hydroxylation is 1. The van der Waals surface area contributed by atoms with Crippen molar-refractivity contribution in [3.8, 4) is 0 Å². The molecule has 0 aliphatic heterocycles. The molecular weight excluding hydrogens is 264 g/mol. The van der Waals surface area contributed by atoms with Crippen LogP contribution in [0.25, 0.3) is 0 Å². The molecule has 0 spiro atoms. The maximum atomic E-state index is 11.9. The Morgan fingerprint density at radius 2 is 2.11 bits per heavy atom. The highest BCUT2D eigenvalue weighted by molar-refractivity contribution is 6.31. The van der Waals surface area contributed by atoms with E-state index in [2.05, 4.69) is 10.3 Å². The predicted molar refractivity (Wildman–Crippen MR) is 74.4 cm³/mol. The summed E-state index contributed by atoms with van der Waals surface area (Å²) >= 11 is 5.99. The van der Waals surface area contributed by atoms with Crippen LogP contribution in [0.3, 0.4) is 0 Å². The molecule has 1 heterocycles. The Hall–Kier alpha value is -2.07. The zero-order valence-corrected chi connectivity index (χ0v) is 11.1. The molecule has 5 heteroatoms. The molecule has 0 saturated heterocycles. The maximum absolute atomic E-state index is 11.9. The minimum atomic E-state index is -0.416. The fourth-order valence-corrected chi connectivity index (χ4v) is 1.87. The fraction of sp³-hybridized carbons (Fsp3) is 0.143. The average Bonchev–Trinajstić information content (AvgIpc) is 2.37. The van der Waals surface area contributed by atoms with Gasteiger partial charge in [-0.25, -0.2) is 0 Å². The summed E-state index contributed by atoms with van der Waals surface area (Å²) in [6.07, 6.45) is 1.42. The molecule has 0 bridgehead atoms. The number of carbonyl (C=O) groups excluding carboxylic acids is 1. The van der Waals surface area contributed by atoms with Crippen LogP contribution in [0.4, 0.5) is 0 Å². The Balaban J connectivity index is 2.10. The average molecular weight is 277 g/mol. The predicted octanol–water partition coefficient (Wildman–Crippen LogP) is 2.27. The van der Waals surface area contributed by atoms with Gasteiger partial charge in [-0.3, -0.25) is 9.59 Å². The lowest BCUT2D eigenvalue weighted by Crippen LogP contribution is -2.28. The largest absolute Gasteiger partial charge is 0.364 e. The second-order valence-electron chi connectivity index (χ2n) is 4.17. The molecule has 2 aromatic rings. The van der Waals surface area contributed by atoms with Crippen LogP contribution in [-0.2, 0) is 6.54 Å². The standard InChI is InChI=1S/C14H13ClN2O2/c1-9-6-13(18)11(8-16-9)14(19)17-7-10-4-2-3-5-12(10)15/h2-6,8H,7H2,1H3,(H,16,18)(H,17,19). The van der Waals surface area contributed by atoms with Crippen LogP contribution in [0.2, 0.25) is 5.02 Å². The van der Waals surface area contributed by atoms with Crippen LogP contribution < -0.4 is 10.7 Å². The molecule has 4 nitrogen and oxygen atoms in total. The first-order chi connectivity index (χ1) is 9.08. The molecule has 0 fully saturated rings. The summed E-state index contributed by atoms with van der Waals surface area (Å²) in [7, 11) is 0. The molecule has 0 saturated carbocycles. The first kappa shape index (κ1) is 13.4. The van der Waals surface area contributed by atoms with E-state index < -0.39 is 5.91 Å². The van der Waals surface area contributed by atoms with Gasteiger partial charge in [0.05, 0.1) is 0 Å². The Kier molecular flexibility index (Phi) is 4.02. The number of hydrogen-bond donors (Lipinski definition) is 2. The molecular formula is C14H13ClN2O2. The van der Waals surface area contributed by atoms with E-state index in [0.717, 1.165) is 5.56 Å². The highest BCUT2D eigenvalue weighted by atomic mass is 35.5. The number of aromatic nitrogens is 1. The van der Waals surface area contributed by atoms with Crippen molar-refractivity contribution in [2.45, 2.75) is 13.5 Å². The topological polar surface area (TPSA) is 62.0 Å². The number of halogens is 1. The lowest BCUT2D eigenvalue weighted by Gasteiger charge is -2.06. The van der Waals surface area contributed by atoms with Crippen molar-refractivity contribution in [2.24, 2.45) is 0 Å². The molecule has 0 aliphatic rings. The van der Waals surface area contributed by atoms with Gasteiger partial charge in [-0.2, -0.15) is 0 Å². The summed E-state index contributed by atoms with van der Waals surface area (Å²) in [6, 6.07) is 8.62. The Morgan fingerprint density at radius 3 is 2.79 bits per heavy atom. The summed E-state index contributed by atoms with van der Waals surface area (Å²) < 4.78 is 0. The number of hydrogen-bond acceptors (Lipinski definition) is 2. The normalized spacial score (nSPS) is 10.2. The minimum absolute atomic E-state index is 0.0950. The van der Waals surface area contributed by atoms with Crippen LogP contribution in [-0.4, -0.2) is 10.9 Å². The van der Waals surface area contributed by atoms with E-state index in [1.165, 1.54) is 12.3 Å². The first-order valence-electron chi connectivity index (χ1n) is 5.79. The van der Waals surface area contributed by atoms with Crippen LogP contribution >= 0.6 is 11.6 Å². The Bertz CT molecular complexity index is 664. The van der Waals surface area contributed by atoms with Gasteiger partial charge in [0.1, 0.15) is 5.56 Å². The summed E-state index contributed by atoms with van der Waals surface area (Å²) in [5, 5.41) is 3.26. The lowest BCUT2D eigenvalue weighted by atomic mass is 10.2. The fourth-order valence-electron chi connectivity index (χ4n) is 1.66. The van der Waals surface area contributed by atoms with Crippen molar-refractivity contribution in [1.29, 1.82) is 0 Å². The van der Waals surface area contributed by atoms with Gasteiger partial charge >= 0.3 is 0 Å². The van der Waals surface area contributed by atoms with E-state index in [0.29, 0.717) is 10.7 Å². The SMILES string of the molecule is Cc1cc(=O)c(C(=O)NCc2ccccc2Cl)c[nH]1. The molecule has 0 radical (unpaired) electrons. The molecule has 0 atom stereocenters. The Labute approximate surface area is 115 Å². The highest BCUT2D eigenvalue weighted by Gasteiger charge is 2.10. The van der Waals surface area contributed by atoms with Crippen molar-refractivity contribution >= 4 is 17.5 Å². The number of amides is 1.